The average Bonchev–Trinajstić information content (AvgIpc) is 2.04. The minimum atomic E-state index is -2.24. The Labute approximate surface area is 516 Å². The van der Waals surface area contributed by atoms with Gasteiger partial charge in [0.1, 0.15) is 35.7 Å². The van der Waals surface area contributed by atoms with Crippen molar-refractivity contribution in [3.05, 3.63) is 102 Å². The molecule has 0 aromatic heterocycles. The van der Waals surface area contributed by atoms with Crippen molar-refractivity contribution in [3.8, 4) is 33.8 Å². The Morgan fingerprint density at radius 2 is 1.28 bits per heavy atom. The number of nitrogens with two attached hydrogens (primary N) is 2. The lowest BCUT2D eigenvalue weighted by atomic mass is 9.86. The number of ether oxygens (including phenoxy) is 3. The summed E-state index contributed by atoms with van der Waals surface area (Å²) in [5.41, 5.74) is 14.8. The minimum absolute atomic E-state index is 0.0951. The van der Waals surface area contributed by atoms with Crippen molar-refractivity contribution in [1.82, 2.24) is 25.8 Å². The average molecular weight is 1240 g/mol. The second-order valence-corrected chi connectivity index (χ2v) is 23.3. The predicted molar refractivity (Wildman–Crippen MR) is 324 cm³/mol. The number of carbonyl (C=O) groups excluding carboxylic acids is 7. The maximum absolute atomic E-state index is 14.8. The highest BCUT2D eigenvalue weighted by Gasteiger charge is 2.50. The first-order valence-electron chi connectivity index (χ1n) is 30.2. The summed E-state index contributed by atoms with van der Waals surface area (Å²) in [6.07, 6.45) is -14.1. The molecule has 3 heterocycles. The van der Waals surface area contributed by atoms with Gasteiger partial charge in [-0.3, -0.25) is 33.6 Å². The van der Waals surface area contributed by atoms with Crippen LogP contribution in [-0.4, -0.2) is 205 Å². The number of phenols is 1. The monoisotopic (exact) mass is 1240 g/mol. The van der Waals surface area contributed by atoms with Crippen LogP contribution in [0.15, 0.2) is 91.0 Å². The second-order valence-electron chi connectivity index (χ2n) is 23.3. The summed E-state index contributed by atoms with van der Waals surface area (Å²) in [4.78, 5) is 104. The molecular weight excluding hydrogens is 1150 g/mol. The Kier molecular flexibility index (Phi) is 24.7. The molecule has 5 amide bonds. The summed E-state index contributed by atoms with van der Waals surface area (Å²) in [7, 11) is 0. The summed E-state index contributed by atoms with van der Waals surface area (Å²) in [5.74, 6) is -11.4. The van der Waals surface area contributed by atoms with Crippen molar-refractivity contribution in [2.45, 2.75) is 146 Å². The van der Waals surface area contributed by atoms with Gasteiger partial charge in [0.2, 0.25) is 29.5 Å². The zero-order valence-corrected chi connectivity index (χ0v) is 50.4. The van der Waals surface area contributed by atoms with E-state index in [1.165, 1.54) is 13.0 Å². The van der Waals surface area contributed by atoms with Crippen LogP contribution in [0.5, 0.6) is 11.5 Å². The number of Topliss-reactive ketones (excluding diaryl/α,β-unsaturated/α-hetero) is 2. The Morgan fingerprint density at radius 1 is 0.697 bits per heavy atom. The number of carbonyl (C=O) groups is 7. The standard InChI is InChI=1S/C64H85N7O18/c1-5-6-7-23-88-45-19-16-40(17-20-45)38-10-8-37(9-11-38)39-12-14-41(15-13-39)50(76)28-43-29-52(78)62(89-26-25-87-24-22-65)69-61(84)55-56(79)34(2)32-71(55)64(86)54(36(4)73)68-60(83)46(58(81)57(80)42-18-21-49(75)47(66)27-42)31-51(77)48-30-44(74)33-70(48)63(85)53(35(3)72)67-59(43)82/h8-21,27,34-36,43-44,46,48,52-58,62,72-75,78-81H,5-7,22-26,28-33,65-66H2,1-4H3,(H,67,82)(H,68,83)(H,69,84)/t34-,35+,36+,43-,44+,46-,48-,52+,53-,54-,55-,56-,57-,58-,62+/m0/s1. The first kappa shape index (κ1) is 69.1. The number of aliphatic hydroxyl groups is 7. The van der Waals surface area contributed by atoms with Gasteiger partial charge in [0.05, 0.1) is 80.7 Å². The number of aliphatic hydroxyl groups excluding tert-OH is 7. The highest BCUT2D eigenvalue weighted by atomic mass is 16.5. The third kappa shape index (κ3) is 17.5. The number of nitrogen functional groups attached to an aromatic ring is 1. The number of nitrogens with one attached hydrogen (secondary N) is 3. The predicted octanol–water partition coefficient (Wildman–Crippen LogP) is 0.836. The van der Waals surface area contributed by atoms with Crippen molar-refractivity contribution in [2.75, 3.05) is 51.8 Å². The van der Waals surface area contributed by atoms with E-state index in [9.17, 15) is 74.4 Å². The molecule has 89 heavy (non-hydrogen) atoms. The number of fused-ring (bicyclic) bond motifs is 2. The molecule has 0 spiro atoms. The smallest absolute Gasteiger partial charge is 0.248 e. The molecule has 4 aromatic carbocycles. The molecule has 25 heteroatoms. The van der Waals surface area contributed by atoms with Gasteiger partial charge in [-0.15, -0.1) is 0 Å². The van der Waals surface area contributed by atoms with Crippen molar-refractivity contribution in [2.24, 2.45) is 23.5 Å². The molecule has 15 atom stereocenters. The molecule has 0 saturated carbocycles. The maximum atomic E-state index is 14.8. The van der Waals surface area contributed by atoms with Crippen LogP contribution < -0.4 is 32.2 Å². The number of ketones is 2. The molecule has 15 N–H and O–H groups in total. The van der Waals surface area contributed by atoms with Crippen LogP contribution in [0.1, 0.15) is 94.7 Å². The molecule has 0 unspecified atom stereocenters. The lowest BCUT2D eigenvalue weighted by Crippen LogP contribution is -2.61. The van der Waals surface area contributed by atoms with E-state index in [4.69, 9.17) is 25.7 Å². The number of benzene rings is 4. The highest BCUT2D eigenvalue weighted by molar-refractivity contribution is 6.01. The van der Waals surface area contributed by atoms with Crippen LogP contribution in [0.3, 0.4) is 0 Å². The SMILES string of the molecule is CCCCCOc1ccc(-c2ccc(-c3ccc(C(=O)C[C@H]4C[C@@H](O)[C@@H](OCCOCCN)NC(=O)[C@@H]5[C@@H](O)[C@@H](C)CN5C(=O)[C@H]([C@@H](C)O)NC(=O)[C@H]([C@H](O)[C@@H](O)c5ccc(O)c(N)c5)CC(=O)[C@@H]5C[C@@H](O)CN5C(=O)[C@H]([C@@H](C)O)NC4=O)cc3)cc2)cc1. The normalized spacial score (nSPS) is 26.4. The van der Waals surface area contributed by atoms with E-state index in [0.29, 0.717) is 6.61 Å². The number of phenolic OH excluding ortho intramolecular Hbond substituents is 1. The molecule has 7 rings (SSSR count). The molecule has 3 saturated heterocycles. The molecule has 0 aliphatic carbocycles. The fourth-order valence-electron chi connectivity index (χ4n) is 11.4. The topological polar surface area (TPSA) is 404 Å². The largest absolute Gasteiger partial charge is 0.506 e. The van der Waals surface area contributed by atoms with Gasteiger partial charge in [-0.25, -0.2) is 0 Å². The Bertz CT molecular complexity index is 3060. The van der Waals surface area contributed by atoms with Crippen molar-refractivity contribution in [3.63, 3.8) is 0 Å². The third-order valence-electron chi connectivity index (χ3n) is 16.6. The van der Waals surface area contributed by atoms with Crippen LogP contribution >= 0.6 is 0 Å². The fraction of sp³-hybridized carbons (Fsp3) is 0.516. The van der Waals surface area contributed by atoms with E-state index in [0.717, 1.165) is 83.0 Å². The van der Waals surface area contributed by atoms with Gasteiger partial charge in [0.25, 0.3) is 0 Å². The number of aromatic hydroxyl groups is 1. The quantitative estimate of drug-likeness (QED) is 0.0238. The van der Waals surface area contributed by atoms with Gasteiger partial charge in [0, 0.05) is 56.3 Å². The summed E-state index contributed by atoms with van der Waals surface area (Å²) in [5, 5.41) is 98.1. The summed E-state index contributed by atoms with van der Waals surface area (Å²) < 4.78 is 17.3. The molecule has 3 aliphatic rings. The zero-order valence-electron chi connectivity index (χ0n) is 50.4. The van der Waals surface area contributed by atoms with Crippen LogP contribution in [0, 0.1) is 17.8 Å². The highest BCUT2D eigenvalue weighted by Crippen LogP contribution is 2.34. The van der Waals surface area contributed by atoms with Crippen LogP contribution in [0.4, 0.5) is 5.69 Å². The van der Waals surface area contributed by atoms with E-state index in [2.05, 4.69) is 22.9 Å². The first-order chi connectivity index (χ1) is 42.4. The van der Waals surface area contributed by atoms with Gasteiger partial charge < -0.3 is 92.3 Å². The molecule has 0 bridgehead atoms. The summed E-state index contributed by atoms with van der Waals surface area (Å²) >= 11 is 0. The second kappa shape index (κ2) is 31.8. The number of rotatable bonds is 21. The van der Waals surface area contributed by atoms with Gasteiger partial charge >= 0.3 is 0 Å². The Hall–Kier alpha value is -7.43. The number of anilines is 1. The van der Waals surface area contributed by atoms with E-state index in [1.54, 1.807) is 24.3 Å². The van der Waals surface area contributed by atoms with Crippen LogP contribution in [0.25, 0.3) is 22.3 Å². The first-order valence-corrected chi connectivity index (χ1v) is 30.2. The van der Waals surface area contributed by atoms with E-state index < -0.39 is 164 Å². The number of amides is 5. The van der Waals surface area contributed by atoms with Crippen LogP contribution in [-0.2, 0) is 38.2 Å². The van der Waals surface area contributed by atoms with Crippen molar-refractivity contribution < 1.29 is 88.6 Å². The van der Waals surface area contributed by atoms with E-state index in [1.807, 2.05) is 48.5 Å². The molecule has 0 radical (unpaired) electrons. The molecular formula is C64H85N7O18. The number of nitrogens with zero attached hydrogens (tertiary/aromatic N) is 2. The minimum Gasteiger partial charge on any atom is -0.506 e. The number of hydrogen-bond donors (Lipinski definition) is 13. The number of unbranched alkanes of at least 4 members (excludes halogenated alkanes) is 2. The molecule has 4 aromatic rings. The van der Waals surface area contributed by atoms with E-state index in [-0.39, 0.29) is 55.5 Å². The van der Waals surface area contributed by atoms with Crippen molar-refractivity contribution in [1.29, 1.82) is 0 Å². The van der Waals surface area contributed by atoms with Gasteiger partial charge in [-0.2, -0.15) is 0 Å². The number of hydrogen-bond acceptors (Lipinski definition) is 20. The van der Waals surface area contributed by atoms with Crippen molar-refractivity contribution >= 4 is 46.8 Å². The summed E-state index contributed by atoms with van der Waals surface area (Å²) in [6, 6.07) is 18.2. The third-order valence-corrected chi connectivity index (χ3v) is 16.6. The zero-order chi connectivity index (χ0) is 64.8. The molecule has 484 valence electrons. The maximum Gasteiger partial charge on any atom is 0.248 e. The van der Waals surface area contributed by atoms with E-state index >= 15 is 0 Å². The van der Waals surface area contributed by atoms with Crippen LogP contribution in [0.2, 0.25) is 0 Å². The Balaban J connectivity index is 1.23. The van der Waals surface area contributed by atoms with Gasteiger partial charge in [0.15, 0.2) is 17.8 Å². The molecule has 3 aliphatic heterocycles. The lowest BCUT2D eigenvalue weighted by molar-refractivity contribution is -0.150. The Morgan fingerprint density at radius 3 is 1.87 bits per heavy atom. The molecule has 3 fully saturated rings. The summed E-state index contributed by atoms with van der Waals surface area (Å²) in [6.45, 7) is 5.45. The van der Waals surface area contributed by atoms with Gasteiger partial charge in [-0.05, 0) is 78.8 Å². The fourth-order valence-corrected chi connectivity index (χ4v) is 11.4. The molecule has 25 nitrogen and oxygen atoms in total. The lowest BCUT2D eigenvalue weighted by Gasteiger charge is -2.34. The van der Waals surface area contributed by atoms with Gasteiger partial charge in [-0.1, -0.05) is 93.4 Å².